The lowest BCUT2D eigenvalue weighted by Crippen LogP contribution is -2.58. The van der Waals surface area contributed by atoms with E-state index < -0.39 is 66.9 Å². The third kappa shape index (κ3) is 8.88. The van der Waals surface area contributed by atoms with Gasteiger partial charge < -0.3 is 42.0 Å². The number of carboxylic acids is 2. The van der Waals surface area contributed by atoms with Gasteiger partial charge in [-0.3, -0.25) is 19.2 Å². The number of aliphatic hydroxyl groups is 1. The van der Waals surface area contributed by atoms with Crippen molar-refractivity contribution in [3.8, 4) is 0 Å². The predicted octanol–water partition coefficient (Wildman–Crippen LogP) is -0.323. The molecule has 218 valence electrons. The average molecular weight is 568 g/mol. The van der Waals surface area contributed by atoms with Gasteiger partial charge in [0.25, 0.3) is 0 Å². The Balaban J connectivity index is 1.89. The Labute approximate surface area is 235 Å². The second-order valence-electron chi connectivity index (χ2n) is 9.50. The Morgan fingerprint density at radius 1 is 0.780 bits per heavy atom. The fourth-order valence-electron chi connectivity index (χ4n) is 4.22. The summed E-state index contributed by atoms with van der Waals surface area (Å²) in [6.07, 6.45) is 0.798. The first-order valence-corrected chi connectivity index (χ1v) is 12.9. The highest BCUT2D eigenvalue weighted by atomic mass is 16.4. The van der Waals surface area contributed by atoms with Crippen LogP contribution < -0.4 is 21.7 Å². The van der Waals surface area contributed by atoms with Crippen molar-refractivity contribution in [2.75, 3.05) is 6.61 Å². The molecule has 9 N–H and O–H groups in total. The number of carboxylic acid groups (broad SMARTS) is 2. The highest BCUT2D eigenvalue weighted by molar-refractivity contribution is 5.95. The van der Waals surface area contributed by atoms with Crippen LogP contribution >= 0.6 is 0 Å². The van der Waals surface area contributed by atoms with Crippen LogP contribution in [0.15, 0.2) is 60.8 Å². The highest BCUT2D eigenvalue weighted by Crippen LogP contribution is 2.19. The van der Waals surface area contributed by atoms with Gasteiger partial charge in [0, 0.05) is 36.4 Å². The highest BCUT2D eigenvalue weighted by Gasteiger charge is 2.31. The van der Waals surface area contributed by atoms with E-state index in [1.165, 1.54) is 0 Å². The molecule has 0 radical (unpaired) electrons. The summed E-state index contributed by atoms with van der Waals surface area (Å²) in [5, 5.41) is 36.0. The van der Waals surface area contributed by atoms with E-state index in [4.69, 9.17) is 10.8 Å². The van der Waals surface area contributed by atoms with Crippen molar-refractivity contribution in [2.24, 2.45) is 5.73 Å². The van der Waals surface area contributed by atoms with E-state index in [0.717, 1.165) is 10.9 Å². The maximum absolute atomic E-state index is 13.5. The van der Waals surface area contributed by atoms with Gasteiger partial charge in [-0.1, -0.05) is 48.5 Å². The molecule has 1 aromatic heterocycles. The molecule has 4 unspecified atom stereocenters. The average Bonchev–Trinajstić information content (AvgIpc) is 3.36. The lowest BCUT2D eigenvalue weighted by molar-refractivity contribution is -0.143. The molecule has 1 heterocycles. The number of rotatable bonds is 15. The number of aromatic amines is 1. The number of hydrogen-bond acceptors (Lipinski definition) is 7. The number of aromatic nitrogens is 1. The van der Waals surface area contributed by atoms with E-state index >= 15 is 0 Å². The fourth-order valence-corrected chi connectivity index (χ4v) is 4.22. The van der Waals surface area contributed by atoms with E-state index in [0.29, 0.717) is 11.1 Å². The molecule has 41 heavy (non-hydrogen) atoms. The predicted molar refractivity (Wildman–Crippen MR) is 148 cm³/mol. The van der Waals surface area contributed by atoms with Crippen molar-refractivity contribution >= 4 is 40.6 Å². The van der Waals surface area contributed by atoms with Gasteiger partial charge in [-0.25, -0.2) is 4.79 Å². The summed E-state index contributed by atoms with van der Waals surface area (Å²) in [6, 6.07) is 10.8. The maximum Gasteiger partial charge on any atom is 0.326 e. The molecule has 0 aliphatic heterocycles. The molecule has 0 saturated heterocycles. The molecule has 0 aliphatic rings. The van der Waals surface area contributed by atoms with E-state index in [9.17, 15) is 34.2 Å². The van der Waals surface area contributed by atoms with Crippen LogP contribution in [0.3, 0.4) is 0 Å². The van der Waals surface area contributed by atoms with Crippen LogP contribution in [0.5, 0.6) is 0 Å². The number of nitrogens with one attached hydrogen (secondary N) is 4. The Hall–Kier alpha value is -4.75. The van der Waals surface area contributed by atoms with E-state index in [2.05, 4.69) is 20.9 Å². The Morgan fingerprint density at radius 2 is 1.37 bits per heavy atom. The summed E-state index contributed by atoms with van der Waals surface area (Å²) >= 11 is 0. The van der Waals surface area contributed by atoms with Gasteiger partial charge in [0.2, 0.25) is 17.7 Å². The third-order valence-corrected chi connectivity index (χ3v) is 6.44. The number of aliphatic hydroxyl groups excluding tert-OH is 1. The molecule has 13 nitrogen and oxygen atoms in total. The summed E-state index contributed by atoms with van der Waals surface area (Å²) in [4.78, 5) is 65.2. The van der Waals surface area contributed by atoms with Crippen LogP contribution in [0.1, 0.15) is 24.0 Å². The van der Waals surface area contributed by atoms with Crippen molar-refractivity contribution in [1.29, 1.82) is 0 Å². The number of H-pyrrole nitrogens is 1. The molecule has 13 heteroatoms. The Bertz CT molecular complexity index is 1380. The van der Waals surface area contributed by atoms with Crippen LogP contribution in [-0.2, 0) is 36.8 Å². The molecule has 3 rings (SSSR count). The standard InChI is InChI=1S/C28H33N5O8/c29-19(15-34)25(37)32-22(12-16-6-2-1-3-7-16)26(38)33-23(13-17-14-30-20-9-5-4-8-18(17)20)27(39)31-21(28(40)41)10-11-24(35)36/h1-9,14,19,21-23,30,34H,10-13,15,29H2,(H,31,39)(H,32,37)(H,33,38)(H,35,36)(H,40,41). The number of carbonyl (C=O) groups excluding carboxylic acids is 3. The topological polar surface area (TPSA) is 224 Å². The van der Waals surface area contributed by atoms with E-state index in [1.807, 2.05) is 18.2 Å². The van der Waals surface area contributed by atoms with Crippen molar-refractivity contribution in [3.05, 3.63) is 71.9 Å². The molecular formula is C28H33N5O8. The number of fused-ring (bicyclic) bond motifs is 1. The molecule has 2 aromatic carbocycles. The summed E-state index contributed by atoms with van der Waals surface area (Å²) in [5.41, 5.74) is 7.76. The summed E-state index contributed by atoms with van der Waals surface area (Å²) in [7, 11) is 0. The largest absolute Gasteiger partial charge is 0.481 e. The van der Waals surface area contributed by atoms with Crippen LogP contribution in [0.2, 0.25) is 0 Å². The van der Waals surface area contributed by atoms with E-state index in [-0.39, 0.29) is 19.3 Å². The minimum atomic E-state index is -1.51. The first-order valence-electron chi connectivity index (χ1n) is 12.9. The summed E-state index contributed by atoms with van der Waals surface area (Å²) < 4.78 is 0. The first kappa shape index (κ1) is 30.8. The monoisotopic (exact) mass is 567 g/mol. The maximum atomic E-state index is 13.5. The molecule has 0 saturated carbocycles. The molecule has 0 bridgehead atoms. The lowest BCUT2D eigenvalue weighted by atomic mass is 10.0. The zero-order valence-corrected chi connectivity index (χ0v) is 22.1. The van der Waals surface area contributed by atoms with Gasteiger partial charge in [0.05, 0.1) is 6.61 Å². The minimum absolute atomic E-state index is 0.0361. The van der Waals surface area contributed by atoms with E-state index in [1.54, 1.807) is 42.6 Å². The van der Waals surface area contributed by atoms with Gasteiger partial charge in [-0.15, -0.1) is 0 Å². The second-order valence-corrected chi connectivity index (χ2v) is 9.50. The van der Waals surface area contributed by atoms with Crippen LogP contribution in [0, 0.1) is 0 Å². The van der Waals surface area contributed by atoms with Crippen LogP contribution in [-0.4, -0.2) is 80.7 Å². The van der Waals surface area contributed by atoms with Gasteiger partial charge in [0.1, 0.15) is 24.2 Å². The normalized spacial score (nSPS) is 13.9. The van der Waals surface area contributed by atoms with Crippen LogP contribution in [0.4, 0.5) is 0 Å². The fraction of sp³-hybridized carbons (Fsp3) is 0.321. The van der Waals surface area contributed by atoms with Crippen molar-refractivity contribution in [3.63, 3.8) is 0 Å². The van der Waals surface area contributed by atoms with Gasteiger partial charge in [0.15, 0.2) is 0 Å². The SMILES string of the molecule is NC(CO)C(=O)NC(Cc1ccccc1)C(=O)NC(Cc1c[nH]c2ccccc12)C(=O)NC(CCC(=O)O)C(=O)O. The first-order chi connectivity index (χ1) is 19.6. The Kier molecular flexibility index (Phi) is 11.0. The van der Waals surface area contributed by atoms with Crippen molar-refractivity contribution in [1.82, 2.24) is 20.9 Å². The Morgan fingerprint density at radius 3 is 2.00 bits per heavy atom. The van der Waals surface area contributed by atoms with Gasteiger partial charge in [-0.2, -0.15) is 0 Å². The van der Waals surface area contributed by atoms with Crippen molar-refractivity contribution in [2.45, 2.75) is 49.9 Å². The number of hydrogen-bond donors (Lipinski definition) is 8. The van der Waals surface area contributed by atoms with Crippen LogP contribution in [0.25, 0.3) is 10.9 Å². The molecule has 0 aliphatic carbocycles. The molecule has 0 spiro atoms. The number of para-hydroxylation sites is 1. The zero-order chi connectivity index (χ0) is 29.9. The second kappa shape index (κ2) is 14.6. The molecular weight excluding hydrogens is 534 g/mol. The number of carbonyl (C=O) groups is 5. The number of amides is 3. The molecule has 3 aromatic rings. The number of nitrogens with two attached hydrogens (primary N) is 1. The molecule has 4 atom stereocenters. The molecule has 0 fully saturated rings. The third-order valence-electron chi connectivity index (χ3n) is 6.44. The molecule has 3 amide bonds. The lowest BCUT2D eigenvalue weighted by Gasteiger charge is -2.25. The summed E-state index contributed by atoms with van der Waals surface area (Å²) in [6.45, 7) is -0.649. The van der Waals surface area contributed by atoms with Gasteiger partial charge >= 0.3 is 11.9 Å². The smallest absolute Gasteiger partial charge is 0.326 e. The van der Waals surface area contributed by atoms with Gasteiger partial charge in [-0.05, 0) is 23.6 Å². The quantitative estimate of drug-likeness (QED) is 0.120. The summed E-state index contributed by atoms with van der Waals surface area (Å²) in [5.74, 6) is -5.03. The van der Waals surface area contributed by atoms with Crippen molar-refractivity contribution < 1.29 is 39.3 Å². The number of aliphatic carboxylic acids is 2. The zero-order valence-electron chi connectivity index (χ0n) is 22.1. The number of benzene rings is 2. The minimum Gasteiger partial charge on any atom is -0.481 e.